The van der Waals surface area contributed by atoms with Crippen LogP contribution in [0.3, 0.4) is 0 Å². The van der Waals surface area contributed by atoms with E-state index in [-0.39, 0.29) is 5.54 Å². The Labute approximate surface area is 111 Å². The van der Waals surface area contributed by atoms with Gasteiger partial charge in [-0.3, -0.25) is 0 Å². The van der Waals surface area contributed by atoms with E-state index in [1.54, 1.807) is 0 Å². The lowest BCUT2D eigenvalue weighted by Crippen LogP contribution is -2.52. The van der Waals surface area contributed by atoms with Crippen molar-refractivity contribution in [2.75, 3.05) is 32.0 Å². The van der Waals surface area contributed by atoms with Crippen molar-refractivity contribution < 1.29 is 0 Å². The summed E-state index contributed by atoms with van der Waals surface area (Å²) in [6.07, 6.45) is 2.21. The van der Waals surface area contributed by atoms with Crippen molar-refractivity contribution in [2.24, 2.45) is 5.73 Å². The minimum absolute atomic E-state index is 0.0628. The molecule has 94 valence electrons. The summed E-state index contributed by atoms with van der Waals surface area (Å²) in [5.41, 5.74) is 7.19. The third kappa shape index (κ3) is 3.21. The molecule has 0 atom stereocenters. The Morgan fingerprint density at radius 1 is 1.41 bits per heavy atom. The van der Waals surface area contributed by atoms with E-state index in [2.05, 4.69) is 45.3 Å². The van der Waals surface area contributed by atoms with E-state index in [0.29, 0.717) is 6.54 Å². The lowest BCUT2D eigenvalue weighted by atomic mass is 9.87. The molecular formula is C13H20BrN3. The standard InChI is InChI=1S/C13H20BrN3/c1-17-7-5-13(10-15,6-8-17)16-12-4-2-3-11(14)9-12/h2-4,9,16H,5-8,10,15H2,1H3. The summed E-state index contributed by atoms with van der Waals surface area (Å²) in [6, 6.07) is 8.29. The molecule has 0 aliphatic carbocycles. The summed E-state index contributed by atoms with van der Waals surface area (Å²) in [7, 11) is 2.17. The van der Waals surface area contributed by atoms with Gasteiger partial charge in [0, 0.05) is 29.8 Å². The molecule has 3 nitrogen and oxygen atoms in total. The fourth-order valence-corrected chi connectivity index (χ4v) is 2.70. The molecule has 0 spiro atoms. The average Bonchev–Trinajstić information content (AvgIpc) is 2.33. The quantitative estimate of drug-likeness (QED) is 0.899. The van der Waals surface area contributed by atoms with Gasteiger partial charge in [-0.05, 0) is 38.1 Å². The first-order valence-electron chi connectivity index (χ1n) is 6.06. The molecule has 0 saturated carbocycles. The molecule has 1 heterocycles. The second-order valence-corrected chi connectivity index (χ2v) is 5.84. The summed E-state index contributed by atoms with van der Waals surface area (Å²) < 4.78 is 1.10. The number of benzene rings is 1. The highest BCUT2D eigenvalue weighted by Crippen LogP contribution is 2.27. The smallest absolute Gasteiger partial charge is 0.0520 e. The van der Waals surface area contributed by atoms with Crippen LogP contribution < -0.4 is 11.1 Å². The number of hydrogen-bond donors (Lipinski definition) is 2. The first-order valence-corrected chi connectivity index (χ1v) is 6.85. The average molecular weight is 298 g/mol. The van der Waals surface area contributed by atoms with Crippen LogP contribution in [0.5, 0.6) is 0 Å². The number of halogens is 1. The van der Waals surface area contributed by atoms with Crippen molar-refractivity contribution in [3.05, 3.63) is 28.7 Å². The Balaban J connectivity index is 2.09. The maximum atomic E-state index is 5.98. The molecule has 1 aliphatic rings. The van der Waals surface area contributed by atoms with Crippen LogP contribution in [0.25, 0.3) is 0 Å². The zero-order valence-electron chi connectivity index (χ0n) is 10.2. The van der Waals surface area contributed by atoms with Crippen LogP contribution in [0.1, 0.15) is 12.8 Å². The molecule has 1 saturated heterocycles. The van der Waals surface area contributed by atoms with E-state index in [4.69, 9.17) is 5.73 Å². The van der Waals surface area contributed by atoms with Crippen molar-refractivity contribution >= 4 is 21.6 Å². The van der Waals surface area contributed by atoms with Gasteiger partial charge in [0.05, 0.1) is 5.54 Å². The Bertz CT molecular complexity index is 373. The zero-order chi connectivity index (χ0) is 12.3. The Hall–Kier alpha value is -0.580. The number of nitrogens with zero attached hydrogens (tertiary/aromatic N) is 1. The highest BCUT2D eigenvalue weighted by atomic mass is 79.9. The van der Waals surface area contributed by atoms with E-state index in [1.165, 1.54) is 0 Å². The molecule has 1 aliphatic heterocycles. The van der Waals surface area contributed by atoms with Gasteiger partial charge in [-0.1, -0.05) is 22.0 Å². The van der Waals surface area contributed by atoms with Gasteiger partial charge in [0.15, 0.2) is 0 Å². The summed E-state index contributed by atoms with van der Waals surface area (Å²) in [5.74, 6) is 0. The monoisotopic (exact) mass is 297 g/mol. The number of nitrogens with two attached hydrogens (primary N) is 1. The molecule has 0 radical (unpaired) electrons. The van der Waals surface area contributed by atoms with Gasteiger partial charge in [0.25, 0.3) is 0 Å². The van der Waals surface area contributed by atoms with Crippen molar-refractivity contribution in [1.82, 2.24) is 4.90 Å². The third-order valence-corrected chi connectivity index (χ3v) is 4.06. The summed E-state index contributed by atoms with van der Waals surface area (Å²) >= 11 is 3.50. The van der Waals surface area contributed by atoms with Crippen molar-refractivity contribution in [3.8, 4) is 0 Å². The van der Waals surface area contributed by atoms with Gasteiger partial charge in [0.2, 0.25) is 0 Å². The van der Waals surface area contributed by atoms with Crippen molar-refractivity contribution in [2.45, 2.75) is 18.4 Å². The van der Waals surface area contributed by atoms with Crippen molar-refractivity contribution in [1.29, 1.82) is 0 Å². The largest absolute Gasteiger partial charge is 0.378 e. The van der Waals surface area contributed by atoms with Gasteiger partial charge in [-0.2, -0.15) is 0 Å². The number of nitrogens with one attached hydrogen (secondary N) is 1. The van der Waals surface area contributed by atoms with Crippen LogP contribution in [0.15, 0.2) is 28.7 Å². The second-order valence-electron chi connectivity index (χ2n) is 4.92. The fraction of sp³-hybridized carbons (Fsp3) is 0.538. The molecule has 3 N–H and O–H groups in total. The van der Waals surface area contributed by atoms with E-state index in [0.717, 1.165) is 36.1 Å². The van der Waals surface area contributed by atoms with Gasteiger partial charge < -0.3 is 16.0 Å². The number of hydrogen-bond acceptors (Lipinski definition) is 3. The minimum Gasteiger partial charge on any atom is -0.378 e. The number of anilines is 1. The summed E-state index contributed by atoms with van der Waals surface area (Å²) in [5, 5.41) is 3.62. The normalized spacial score (nSPS) is 20.2. The molecular weight excluding hydrogens is 278 g/mol. The van der Waals surface area contributed by atoms with Crippen LogP contribution in [0, 0.1) is 0 Å². The van der Waals surface area contributed by atoms with Crippen LogP contribution in [-0.4, -0.2) is 37.1 Å². The van der Waals surface area contributed by atoms with Gasteiger partial charge in [0.1, 0.15) is 0 Å². The number of piperidine rings is 1. The molecule has 1 aromatic carbocycles. The van der Waals surface area contributed by atoms with E-state index in [9.17, 15) is 0 Å². The maximum Gasteiger partial charge on any atom is 0.0520 e. The lowest BCUT2D eigenvalue weighted by Gasteiger charge is -2.41. The second kappa shape index (κ2) is 5.38. The molecule has 1 fully saturated rings. The maximum absolute atomic E-state index is 5.98. The van der Waals surface area contributed by atoms with Gasteiger partial charge >= 0.3 is 0 Å². The molecule has 0 aromatic heterocycles. The van der Waals surface area contributed by atoms with Crippen molar-refractivity contribution in [3.63, 3.8) is 0 Å². The highest BCUT2D eigenvalue weighted by molar-refractivity contribution is 9.10. The van der Waals surface area contributed by atoms with Crippen LogP contribution in [0.2, 0.25) is 0 Å². The lowest BCUT2D eigenvalue weighted by molar-refractivity contribution is 0.209. The molecule has 1 aromatic rings. The molecule has 0 unspecified atom stereocenters. The van der Waals surface area contributed by atoms with Gasteiger partial charge in [-0.25, -0.2) is 0 Å². The Morgan fingerprint density at radius 3 is 2.71 bits per heavy atom. The predicted octanol–water partition coefficient (Wildman–Crippen LogP) is 2.28. The topological polar surface area (TPSA) is 41.3 Å². The summed E-state index contributed by atoms with van der Waals surface area (Å²) in [6.45, 7) is 2.91. The first kappa shape index (κ1) is 12.9. The summed E-state index contributed by atoms with van der Waals surface area (Å²) in [4.78, 5) is 2.36. The fourth-order valence-electron chi connectivity index (χ4n) is 2.30. The SMILES string of the molecule is CN1CCC(CN)(Nc2cccc(Br)c2)CC1. The first-order chi connectivity index (χ1) is 8.13. The molecule has 2 rings (SSSR count). The molecule has 4 heteroatoms. The van der Waals surface area contributed by atoms with Crippen LogP contribution in [-0.2, 0) is 0 Å². The molecule has 17 heavy (non-hydrogen) atoms. The third-order valence-electron chi connectivity index (χ3n) is 3.57. The highest BCUT2D eigenvalue weighted by Gasteiger charge is 2.32. The zero-order valence-corrected chi connectivity index (χ0v) is 11.8. The van der Waals surface area contributed by atoms with E-state index in [1.807, 2.05) is 12.1 Å². The Kier molecular flexibility index (Phi) is 4.07. The Morgan fingerprint density at radius 2 is 2.12 bits per heavy atom. The molecule has 0 amide bonds. The van der Waals surface area contributed by atoms with E-state index >= 15 is 0 Å². The minimum atomic E-state index is 0.0628. The van der Waals surface area contributed by atoms with Crippen LogP contribution in [0.4, 0.5) is 5.69 Å². The molecule has 0 bridgehead atoms. The number of likely N-dealkylation sites (tertiary alicyclic amines) is 1. The predicted molar refractivity (Wildman–Crippen MR) is 76.3 cm³/mol. The van der Waals surface area contributed by atoms with Crippen LogP contribution >= 0.6 is 15.9 Å². The number of rotatable bonds is 3. The van der Waals surface area contributed by atoms with Gasteiger partial charge in [-0.15, -0.1) is 0 Å². The van der Waals surface area contributed by atoms with E-state index < -0.39 is 0 Å².